The molecular weight excluding hydrogens is 286 g/mol. The Morgan fingerprint density at radius 1 is 1.33 bits per heavy atom. The Hall–Kier alpha value is -1.52. The van der Waals surface area contributed by atoms with Crippen LogP contribution in [0, 0.1) is 0 Å². The topological polar surface area (TPSA) is 63.8 Å². The third kappa shape index (κ3) is 3.39. The van der Waals surface area contributed by atoms with Gasteiger partial charge in [0.15, 0.2) is 0 Å². The summed E-state index contributed by atoms with van der Waals surface area (Å²) < 4.78 is 1.57. The first kappa shape index (κ1) is 15.9. The van der Waals surface area contributed by atoms with E-state index in [-0.39, 0.29) is 11.0 Å². The molecule has 0 radical (unpaired) electrons. The molecule has 0 saturated carbocycles. The number of nitrogens with zero attached hydrogens (tertiary/aromatic N) is 1. The first-order valence-electron chi connectivity index (χ1n) is 7.15. The highest BCUT2D eigenvalue weighted by Crippen LogP contribution is 2.24. The average molecular weight is 308 g/mol. The summed E-state index contributed by atoms with van der Waals surface area (Å²) in [5.74, 6) is 0. The minimum absolute atomic E-state index is 0.0179. The van der Waals surface area contributed by atoms with Gasteiger partial charge in [0.2, 0.25) is 0 Å². The van der Waals surface area contributed by atoms with Crippen molar-refractivity contribution in [3.63, 3.8) is 0 Å². The summed E-state index contributed by atoms with van der Waals surface area (Å²) in [6.45, 7) is 6.84. The maximum absolute atomic E-state index is 12.7. The molecule has 1 heterocycles. The molecule has 0 amide bonds. The molecule has 0 aliphatic carbocycles. The van der Waals surface area contributed by atoms with E-state index in [0.29, 0.717) is 18.0 Å². The maximum atomic E-state index is 12.7. The van der Waals surface area contributed by atoms with Crippen molar-refractivity contribution < 1.29 is 0 Å². The van der Waals surface area contributed by atoms with Gasteiger partial charge < -0.3 is 5.73 Å². The van der Waals surface area contributed by atoms with Crippen LogP contribution in [-0.4, -0.2) is 16.3 Å². The van der Waals surface area contributed by atoms with Gasteiger partial charge in [0.25, 0.3) is 5.56 Å². The molecule has 3 N–H and O–H groups in total. The smallest absolute Gasteiger partial charge is 0.274 e. The molecule has 2 rings (SSSR count). The van der Waals surface area contributed by atoms with Gasteiger partial charge in [-0.05, 0) is 37.6 Å². The number of H-pyrrole nitrogens is 1. The molecule has 0 spiro atoms. The molecule has 5 heteroatoms. The molecule has 0 bridgehead atoms. The van der Waals surface area contributed by atoms with Gasteiger partial charge in [0, 0.05) is 21.7 Å². The van der Waals surface area contributed by atoms with Crippen LogP contribution < -0.4 is 11.3 Å². The molecular formula is C16H22ClN3O. The third-order valence-corrected chi connectivity index (χ3v) is 3.67. The fourth-order valence-corrected chi connectivity index (χ4v) is 2.58. The van der Waals surface area contributed by atoms with Gasteiger partial charge in [0.05, 0.1) is 5.69 Å². The number of aromatic amines is 1. The Kier molecular flexibility index (Phi) is 4.59. The van der Waals surface area contributed by atoms with Gasteiger partial charge >= 0.3 is 0 Å². The lowest BCUT2D eigenvalue weighted by atomic mass is 9.88. The van der Waals surface area contributed by atoms with Crippen LogP contribution >= 0.6 is 11.6 Å². The standard InChI is InChI=1S/C16H22ClN3O/c1-16(2,3)14-13(8-5-9-18)15(21)20(19-14)12-7-4-6-11(17)10-12/h4,6-7,10,19H,5,8-9,18H2,1-3H3. The monoisotopic (exact) mass is 307 g/mol. The molecule has 0 atom stereocenters. The number of benzene rings is 1. The number of aromatic nitrogens is 2. The van der Waals surface area contributed by atoms with Gasteiger partial charge in [-0.25, -0.2) is 4.68 Å². The zero-order valence-corrected chi connectivity index (χ0v) is 13.5. The molecule has 2 aromatic rings. The van der Waals surface area contributed by atoms with E-state index < -0.39 is 0 Å². The zero-order valence-electron chi connectivity index (χ0n) is 12.7. The fraction of sp³-hybridized carbons (Fsp3) is 0.438. The van der Waals surface area contributed by atoms with E-state index in [1.54, 1.807) is 16.8 Å². The van der Waals surface area contributed by atoms with E-state index in [2.05, 4.69) is 25.9 Å². The zero-order chi connectivity index (χ0) is 15.6. The van der Waals surface area contributed by atoms with Crippen molar-refractivity contribution in [2.45, 2.75) is 39.0 Å². The minimum Gasteiger partial charge on any atom is -0.330 e. The minimum atomic E-state index is -0.132. The SMILES string of the molecule is CC(C)(C)c1[nH]n(-c2cccc(Cl)c2)c(=O)c1CCCN. The van der Waals surface area contributed by atoms with Crippen molar-refractivity contribution in [2.75, 3.05) is 6.54 Å². The number of nitrogens with two attached hydrogens (primary N) is 1. The second-order valence-electron chi connectivity index (χ2n) is 6.23. The largest absolute Gasteiger partial charge is 0.330 e. The van der Waals surface area contributed by atoms with Gasteiger partial charge in [-0.3, -0.25) is 9.89 Å². The Bertz CT molecular complexity index is 680. The summed E-state index contributed by atoms with van der Waals surface area (Å²) in [5.41, 5.74) is 7.96. The number of halogens is 1. The summed E-state index contributed by atoms with van der Waals surface area (Å²) in [5, 5.41) is 3.85. The van der Waals surface area contributed by atoms with E-state index in [4.69, 9.17) is 17.3 Å². The van der Waals surface area contributed by atoms with Crippen LogP contribution in [-0.2, 0) is 11.8 Å². The molecule has 0 fully saturated rings. The summed E-state index contributed by atoms with van der Waals surface area (Å²) in [6, 6.07) is 7.27. The summed E-state index contributed by atoms with van der Waals surface area (Å²) in [4.78, 5) is 12.7. The predicted molar refractivity (Wildman–Crippen MR) is 87.5 cm³/mol. The number of rotatable bonds is 4. The Balaban J connectivity index is 2.58. The Morgan fingerprint density at radius 3 is 2.62 bits per heavy atom. The second-order valence-corrected chi connectivity index (χ2v) is 6.66. The molecule has 1 aromatic carbocycles. The first-order chi connectivity index (χ1) is 9.84. The van der Waals surface area contributed by atoms with Gasteiger partial charge in [-0.1, -0.05) is 38.4 Å². The van der Waals surface area contributed by atoms with E-state index in [0.717, 1.165) is 23.4 Å². The van der Waals surface area contributed by atoms with Crippen molar-refractivity contribution in [1.82, 2.24) is 9.78 Å². The van der Waals surface area contributed by atoms with E-state index >= 15 is 0 Å². The highest BCUT2D eigenvalue weighted by atomic mass is 35.5. The maximum Gasteiger partial charge on any atom is 0.274 e. The summed E-state index contributed by atoms with van der Waals surface area (Å²) in [7, 11) is 0. The van der Waals surface area contributed by atoms with Crippen molar-refractivity contribution in [2.24, 2.45) is 5.73 Å². The molecule has 4 nitrogen and oxygen atoms in total. The van der Waals surface area contributed by atoms with Crippen LogP contribution in [0.5, 0.6) is 0 Å². The van der Waals surface area contributed by atoms with Crippen LogP contribution in [0.25, 0.3) is 5.69 Å². The normalized spacial score (nSPS) is 11.9. The van der Waals surface area contributed by atoms with Crippen LogP contribution in [0.2, 0.25) is 5.02 Å². The molecule has 114 valence electrons. The van der Waals surface area contributed by atoms with Crippen molar-refractivity contribution in [3.05, 3.63) is 50.9 Å². The Labute approximate surface area is 129 Å². The molecule has 21 heavy (non-hydrogen) atoms. The summed E-state index contributed by atoms with van der Waals surface area (Å²) in [6.07, 6.45) is 1.48. The number of hydrogen-bond acceptors (Lipinski definition) is 2. The van der Waals surface area contributed by atoms with E-state index in [1.165, 1.54) is 0 Å². The molecule has 1 aromatic heterocycles. The summed E-state index contributed by atoms with van der Waals surface area (Å²) >= 11 is 6.02. The van der Waals surface area contributed by atoms with Crippen LogP contribution in [0.4, 0.5) is 0 Å². The van der Waals surface area contributed by atoms with Crippen LogP contribution in [0.15, 0.2) is 29.1 Å². The lowest BCUT2D eigenvalue weighted by molar-refractivity contribution is 0.553. The van der Waals surface area contributed by atoms with Gasteiger partial charge in [-0.2, -0.15) is 0 Å². The van der Waals surface area contributed by atoms with Crippen LogP contribution in [0.3, 0.4) is 0 Å². The first-order valence-corrected chi connectivity index (χ1v) is 7.53. The fourth-order valence-electron chi connectivity index (χ4n) is 2.40. The predicted octanol–water partition coefficient (Wildman–Crippen LogP) is 3.01. The lowest BCUT2D eigenvalue weighted by Gasteiger charge is -2.18. The molecule has 0 unspecified atom stereocenters. The highest BCUT2D eigenvalue weighted by molar-refractivity contribution is 6.30. The number of nitrogens with one attached hydrogen (secondary N) is 1. The third-order valence-electron chi connectivity index (χ3n) is 3.43. The second kappa shape index (κ2) is 6.08. The Morgan fingerprint density at radius 2 is 2.05 bits per heavy atom. The molecule has 0 aliphatic rings. The van der Waals surface area contributed by atoms with E-state index in [9.17, 15) is 4.79 Å². The van der Waals surface area contributed by atoms with Gasteiger partial charge in [0.1, 0.15) is 0 Å². The van der Waals surface area contributed by atoms with Gasteiger partial charge in [-0.15, -0.1) is 0 Å². The molecule has 0 aliphatic heterocycles. The number of hydrogen-bond donors (Lipinski definition) is 2. The van der Waals surface area contributed by atoms with Crippen LogP contribution in [0.1, 0.15) is 38.4 Å². The van der Waals surface area contributed by atoms with Crippen molar-refractivity contribution >= 4 is 11.6 Å². The lowest BCUT2D eigenvalue weighted by Crippen LogP contribution is -2.19. The van der Waals surface area contributed by atoms with E-state index in [1.807, 2.05) is 12.1 Å². The quantitative estimate of drug-likeness (QED) is 0.912. The highest BCUT2D eigenvalue weighted by Gasteiger charge is 2.24. The van der Waals surface area contributed by atoms with Crippen molar-refractivity contribution in [3.8, 4) is 5.69 Å². The van der Waals surface area contributed by atoms with Crippen molar-refractivity contribution in [1.29, 1.82) is 0 Å². The molecule has 0 saturated heterocycles. The average Bonchev–Trinajstić information content (AvgIpc) is 2.73.